The Morgan fingerprint density at radius 3 is 2.75 bits per heavy atom. The van der Waals surface area contributed by atoms with Gasteiger partial charge < -0.3 is 20.1 Å². The Hall–Kier alpha value is -2.37. The summed E-state index contributed by atoms with van der Waals surface area (Å²) in [5, 5.41) is 12.7. The van der Waals surface area contributed by atoms with Crippen molar-refractivity contribution < 1.29 is 14.6 Å². The van der Waals surface area contributed by atoms with E-state index < -0.39 is 6.10 Å². The Kier molecular flexibility index (Phi) is 5.46. The van der Waals surface area contributed by atoms with Crippen molar-refractivity contribution in [2.24, 2.45) is 0 Å². The van der Waals surface area contributed by atoms with Crippen molar-refractivity contribution in [2.45, 2.75) is 12.5 Å². The van der Waals surface area contributed by atoms with Crippen LogP contribution in [0.3, 0.4) is 0 Å². The van der Waals surface area contributed by atoms with E-state index in [1.54, 1.807) is 4.90 Å². The van der Waals surface area contributed by atoms with Crippen molar-refractivity contribution in [3.05, 3.63) is 65.7 Å². The van der Waals surface area contributed by atoms with Crippen LogP contribution >= 0.6 is 0 Å². The number of amides is 2. The summed E-state index contributed by atoms with van der Waals surface area (Å²) >= 11 is 0. The van der Waals surface area contributed by atoms with Crippen molar-refractivity contribution in [1.82, 2.24) is 4.90 Å². The number of carbonyl (C=O) groups excluding carboxylic acids is 1. The zero-order chi connectivity index (χ0) is 16.8. The largest absolute Gasteiger partial charge is 0.389 e. The van der Waals surface area contributed by atoms with E-state index in [1.807, 2.05) is 42.5 Å². The summed E-state index contributed by atoms with van der Waals surface area (Å²) in [6, 6.07) is 17.7. The molecule has 126 valence electrons. The molecular weight excluding hydrogens is 304 g/mol. The highest BCUT2D eigenvalue weighted by molar-refractivity contribution is 5.90. The number of benzene rings is 2. The second kappa shape index (κ2) is 7.95. The Morgan fingerprint density at radius 2 is 1.92 bits per heavy atom. The van der Waals surface area contributed by atoms with Gasteiger partial charge in [0, 0.05) is 12.2 Å². The van der Waals surface area contributed by atoms with E-state index in [9.17, 15) is 9.90 Å². The lowest BCUT2D eigenvalue weighted by atomic mass is 10.0. The predicted molar refractivity (Wildman–Crippen MR) is 93.1 cm³/mol. The second-order valence-electron chi connectivity index (χ2n) is 5.92. The molecule has 2 amide bonds. The van der Waals surface area contributed by atoms with Gasteiger partial charge in [-0.2, -0.15) is 0 Å². The summed E-state index contributed by atoms with van der Waals surface area (Å²) in [6.45, 7) is 1.47. The summed E-state index contributed by atoms with van der Waals surface area (Å²) in [7, 11) is 0. The van der Waals surface area contributed by atoms with Crippen LogP contribution in [0.15, 0.2) is 54.6 Å². The normalized spacial score (nSPS) is 18.0. The number of hydrogen-bond acceptors (Lipinski definition) is 3. The van der Waals surface area contributed by atoms with Crippen LogP contribution in [0, 0.1) is 0 Å². The van der Waals surface area contributed by atoms with Gasteiger partial charge in [-0.3, -0.25) is 0 Å². The molecule has 2 aromatic rings. The van der Waals surface area contributed by atoms with Crippen LogP contribution in [0.2, 0.25) is 0 Å². The fourth-order valence-electron chi connectivity index (χ4n) is 2.78. The standard InChI is InChI=1S/C19H22N2O3/c22-17-13-21(10-11-24-14-17)19(23)20-18-9-5-4-8-16(18)12-15-6-2-1-3-7-15/h1-9,17,22H,10-14H2,(H,20,23)/t17-/m1/s1. The lowest BCUT2D eigenvalue weighted by Gasteiger charge is -2.22. The summed E-state index contributed by atoms with van der Waals surface area (Å²) in [4.78, 5) is 14.1. The first kappa shape index (κ1) is 16.5. The topological polar surface area (TPSA) is 61.8 Å². The van der Waals surface area contributed by atoms with E-state index in [0.717, 1.165) is 17.7 Å². The van der Waals surface area contributed by atoms with Gasteiger partial charge in [-0.15, -0.1) is 0 Å². The first-order valence-corrected chi connectivity index (χ1v) is 8.16. The molecular formula is C19H22N2O3. The van der Waals surface area contributed by atoms with Gasteiger partial charge in [0.15, 0.2) is 0 Å². The van der Waals surface area contributed by atoms with E-state index >= 15 is 0 Å². The average Bonchev–Trinajstić information content (AvgIpc) is 2.82. The van der Waals surface area contributed by atoms with Crippen molar-refractivity contribution >= 4 is 11.7 Å². The third-order valence-electron chi connectivity index (χ3n) is 4.03. The Balaban J connectivity index is 1.71. The van der Waals surface area contributed by atoms with Crippen molar-refractivity contribution in [3.63, 3.8) is 0 Å². The lowest BCUT2D eigenvalue weighted by molar-refractivity contribution is 0.0575. The molecule has 0 saturated carbocycles. The molecule has 3 rings (SSSR count). The molecule has 1 heterocycles. The molecule has 0 spiro atoms. The number of rotatable bonds is 3. The zero-order valence-electron chi connectivity index (χ0n) is 13.5. The quantitative estimate of drug-likeness (QED) is 0.911. The van der Waals surface area contributed by atoms with E-state index in [4.69, 9.17) is 4.74 Å². The number of aliphatic hydroxyl groups excluding tert-OH is 1. The summed E-state index contributed by atoms with van der Waals surface area (Å²) in [5.41, 5.74) is 3.05. The smallest absolute Gasteiger partial charge is 0.322 e. The molecule has 0 aromatic heterocycles. The summed E-state index contributed by atoms with van der Waals surface area (Å²) in [6.07, 6.45) is 0.112. The van der Waals surface area contributed by atoms with Crippen LogP contribution in [0.5, 0.6) is 0 Å². The van der Waals surface area contributed by atoms with Crippen LogP contribution in [-0.4, -0.2) is 48.4 Å². The molecule has 1 atom stereocenters. The van der Waals surface area contributed by atoms with Gasteiger partial charge in [0.1, 0.15) is 0 Å². The van der Waals surface area contributed by atoms with Gasteiger partial charge in [0.25, 0.3) is 0 Å². The fourth-order valence-corrected chi connectivity index (χ4v) is 2.78. The minimum atomic E-state index is -0.641. The highest BCUT2D eigenvalue weighted by Crippen LogP contribution is 2.19. The van der Waals surface area contributed by atoms with Gasteiger partial charge in [-0.25, -0.2) is 4.79 Å². The minimum absolute atomic E-state index is 0.208. The van der Waals surface area contributed by atoms with Crippen LogP contribution in [0.25, 0.3) is 0 Å². The molecule has 2 aromatic carbocycles. The number of urea groups is 1. The summed E-state index contributed by atoms with van der Waals surface area (Å²) < 4.78 is 5.27. The van der Waals surface area contributed by atoms with Crippen LogP contribution in [0.1, 0.15) is 11.1 Å². The molecule has 0 radical (unpaired) electrons. The third kappa shape index (κ3) is 4.34. The monoisotopic (exact) mass is 326 g/mol. The summed E-state index contributed by atoms with van der Waals surface area (Å²) in [5.74, 6) is 0. The fraction of sp³-hybridized carbons (Fsp3) is 0.316. The van der Waals surface area contributed by atoms with Gasteiger partial charge in [0.2, 0.25) is 0 Å². The van der Waals surface area contributed by atoms with Crippen molar-refractivity contribution in [3.8, 4) is 0 Å². The molecule has 1 aliphatic heterocycles. The number of anilines is 1. The number of nitrogens with one attached hydrogen (secondary N) is 1. The molecule has 5 nitrogen and oxygen atoms in total. The van der Waals surface area contributed by atoms with Crippen molar-refractivity contribution in [1.29, 1.82) is 0 Å². The van der Waals surface area contributed by atoms with Gasteiger partial charge in [0.05, 0.1) is 25.9 Å². The van der Waals surface area contributed by atoms with Gasteiger partial charge in [-0.1, -0.05) is 48.5 Å². The number of aliphatic hydroxyl groups is 1. The molecule has 0 aliphatic carbocycles. The highest BCUT2D eigenvalue weighted by atomic mass is 16.5. The first-order valence-electron chi connectivity index (χ1n) is 8.16. The van der Waals surface area contributed by atoms with E-state index in [-0.39, 0.29) is 19.2 Å². The molecule has 1 aliphatic rings. The number of ether oxygens (including phenoxy) is 1. The highest BCUT2D eigenvalue weighted by Gasteiger charge is 2.21. The molecule has 1 fully saturated rings. The van der Waals surface area contributed by atoms with E-state index in [1.165, 1.54) is 5.56 Å². The Labute approximate surface area is 141 Å². The molecule has 24 heavy (non-hydrogen) atoms. The van der Waals surface area contributed by atoms with Gasteiger partial charge >= 0.3 is 6.03 Å². The number of carbonyl (C=O) groups is 1. The lowest BCUT2D eigenvalue weighted by Crippen LogP contribution is -2.40. The second-order valence-corrected chi connectivity index (χ2v) is 5.92. The molecule has 0 bridgehead atoms. The van der Waals surface area contributed by atoms with E-state index in [0.29, 0.717) is 13.2 Å². The minimum Gasteiger partial charge on any atom is -0.389 e. The molecule has 0 unspecified atom stereocenters. The number of hydrogen-bond donors (Lipinski definition) is 2. The SMILES string of the molecule is O=C(Nc1ccccc1Cc1ccccc1)N1CCOC[C@H](O)C1. The third-order valence-corrected chi connectivity index (χ3v) is 4.03. The maximum Gasteiger partial charge on any atom is 0.322 e. The number of β-amino-alcohol motifs (C(OH)–C–C–N with tert-alkyl or cyclic N) is 1. The molecule has 1 saturated heterocycles. The Bertz CT molecular complexity index is 675. The molecule has 2 N–H and O–H groups in total. The zero-order valence-corrected chi connectivity index (χ0v) is 13.5. The predicted octanol–water partition coefficient (Wildman–Crippen LogP) is 2.50. The maximum atomic E-state index is 12.5. The Morgan fingerprint density at radius 1 is 1.17 bits per heavy atom. The maximum absolute atomic E-state index is 12.5. The van der Waals surface area contributed by atoms with Crippen LogP contribution < -0.4 is 5.32 Å². The van der Waals surface area contributed by atoms with Crippen LogP contribution in [0.4, 0.5) is 10.5 Å². The number of para-hydroxylation sites is 1. The van der Waals surface area contributed by atoms with E-state index in [2.05, 4.69) is 17.4 Å². The molecule has 5 heteroatoms. The number of nitrogens with zero attached hydrogens (tertiary/aromatic N) is 1. The average molecular weight is 326 g/mol. The van der Waals surface area contributed by atoms with Crippen LogP contribution in [-0.2, 0) is 11.2 Å². The van der Waals surface area contributed by atoms with Crippen molar-refractivity contribution in [2.75, 3.05) is 31.6 Å². The van der Waals surface area contributed by atoms with Gasteiger partial charge in [-0.05, 0) is 23.6 Å². The first-order chi connectivity index (χ1) is 11.7.